The molecule has 0 aliphatic carbocycles. The van der Waals surface area contributed by atoms with E-state index in [2.05, 4.69) is 0 Å². The normalized spacial score (nSPS) is 10.2. The lowest BCUT2D eigenvalue weighted by molar-refractivity contribution is 0.0730. The molecule has 3 aromatic rings. The predicted molar refractivity (Wildman–Crippen MR) is 99.1 cm³/mol. The topological polar surface area (TPSA) is 102 Å². The molecule has 0 radical (unpaired) electrons. The average Bonchev–Trinajstić information content (AvgIpc) is 2.71. The summed E-state index contributed by atoms with van der Waals surface area (Å²) < 4.78 is 15.5. The molecule has 0 spiro atoms. The van der Waals surface area contributed by atoms with Gasteiger partial charge in [0.2, 0.25) is 0 Å². The van der Waals surface area contributed by atoms with Crippen molar-refractivity contribution in [2.24, 2.45) is 0 Å². The number of carbonyl (C=O) groups excluding carboxylic acids is 2. The molecule has 0 aliphatic rings. The number of phenols is 2. The van der Waals surface area contributed by atoms with Crippen LogP contribution in [0.15, 0.2) is 66.7 Å². The van der Waals surface area contributed by atoms with Crippen LogP contribution in [-0.2, 0) is 0 Å². The van der Waals surface area contributed by atoms with Gasteiger partial charge in [-0.25, -0.2) is 9.59 Å². The van der Waals surface area contributed by atoms with Crippen LogP contribution in [-0.4, -0.2) is 29.3 Å². The lowest BCUT2D eigenvalue weighted by Gasteiger charge is -2.07. The third kappa shape index (κ3) is 4.39. The molecule has 0 fully saturated rings. The van der Waals surface area contributed by atoms with Crippen LogP contribution >= 0.6 is 0 Å². The third-order valence-electron chi connectivity index (χ3n) is 3.78. The fourth-order valence-electron chi connectivity index (χ4n) is 2.29. The lowest BCUT2D eigenvalue weighted by Crippen LogP contribution is -2.10. The molecule has 142 valence electrons. The Balaban J connectivity index is 1.64. The second-order valence-corrected chi connectivity index (χ2v) is 5.68. The predicted octanol–water partition coefficient (Wildman–Crippen LogP) is 3.54. The summed E-state index contributed by atoms with van der Waals surface area (Å²) >= 11 is 0. The minimum Gasteiger partial charge on any atom is -0.504 e. The summed E-state index contributed by atoms with van der Waals surface area (Å²) in [4.78, 5) is 24.3. The Morgan fingerprint density at radius 2 is 1.11 bits per heavy atom. The Hall–Kier alpha value is -4.00. The van der Waals surface area contributed by atoms with Gasteiger partial charge in [0.15, 0.2) is 11.5 Å². The van der Waals surface area contributed by atoms with E-state index in [1.165, 1.54) is 36.4 Å². The van der Waals surface area contributed by atoms with Gasteiger partial charge >= 0.3 is 11.9 Å². The van der Waals surface area contributed by atoms with E-state index in [1.807, 2.05) is 0 Å². The molecule has 0 aromatic heterocycles. The van der Waals surface area contributed by atoms with Crippen molar-refractivity contribution in [2.75, 3.05) is 7.11 Å². The molecule has 0 unspecified atom stereocenters. The Bertz CT molecular complexity index is 992. The summed E-state index contributed by atoms with van der Waals surface area (Å²) in [5.74, 6) is -0.822. The van der Waals surface area contributed by atoms with E-state index in [-0.39, 0.29) is 22.6 Å². The highest BCUT2D eigenvalue weighted by molar-refractivity contribution is 5.93. The van der Waals surface area contributed by atoms with Gasteiger partial charge < -0.3 is 24.4 Å². The summed E-state index contributed by atoms with van der Waals surface area (Å²) in [5.41, 5.74) is 0.344. The quantitative estimate of drug-likeness (QED) is 0.396. The molecule has 0 atom stereocenters. The maximum absolute atomic E-state index is 12.2. The van der Waals surface area contributed by atoms with Gasteiger partial charge in [0, 0.05) is 0 Å². The van der Waals surface area contributed by atoms with Gasteiger partial charge in [-0.05, 0) is 66.7 Å². The summed E-state index contributed by atoms with van der Waals surface area (Å²) in [7, 11) is 1.54. The molecule has 3 rings (SSSR count). The van der Waals surface area contributed by atoms with E-state index < -0.39 is 17.7 Å². The van der Waals surface area contributed by atoms with E-state index in [9.17, 15) is 19.8 Å². The van der Waals surface area contributed by atoms with Gasteiger partial charge in [0.25, 0.3) is 0 Å². The van der Waals surface area contributed by atoms with Crippen LogP contribution in [0.5, 0.6) is 28.7 Å². The number of methoxy groups -OCH3 is 1. The monoisotopic (exact) mass is 380 g/mol. The fourth-order valence-corrected chi connectivity index (χ4v) is 2.29. The van der Waals surface area contributed by atoms with E-state index >= 15 is 0 Å². The maximum atomic E-state index is 12.2. The molecular formula is C21H16O7. The van der Waals surface area contributed by atoms with Crippen molar-refractivity contribution in [2.45, 2.75) is 0 Å². The number of benzene rings is 3. The fraction of sp³-hybridized carbons (Fsp3) is 0.0476. The Morgan fingerprint density at radius 3 is 1.64 bits per heavy atom. The maximum Gasteiger partial charge on any atom is 0.343 e. The van der Waals surface area contributed by atoms with Crippen LogP contribution in [0.25, 0.3) is 0 Å². The van der Waals surface area contributed by atoms with Crippen LogP contribution in [0.4, 0.5) is 0 Å². The van der Waals surface area contributed by atoms with Crippen molar-refractivity contribution in [1.29, 1.82) is 0 Å². The molecule has 0 bridgehead atoms. The number of aromatic hydroxyl groups is 2. The minimum absolute atomic E-state index is 0.0679. The van der Waals surface area contributed by atoms with Gasteiger partial charge in [0.1, 0.15) is 17.2 Å². The first-order chi connectivity index (χ1) is 13.5. The number of rotatable bonds is 5. The van der Waals surface area contributed by atoms with Crippen molar-refractivity contribution < 1.29 is 34.0 Å². The first-order valence-corrected chi connectivity index (χ1v) is 8.17. The van der Waals surface area contributed by atoms with Crippen LogP contribution in [0.1, 0.15) is 20.7 Å². The molecule has 7 nitrogen and oxygen atoms in total. The van der Waals surface area contributed by atoms with Gasteiger partial charge in [-0.15, -0.1) is 0 Å². The van der Waals surface area contributed by atoms with Crippen molar-refractivity contribution in [3.8, 4) is 28.7 Å². The largest absolute Gasteiger partial charge is 0.504 e. The number of ether oxygens (including phenoxy) is 3. The van der Waals surface area contributed by atoms with Gasteiger partial charge in [-0.1, -0.05) is 0 Å². The van der Waals surface area contributed by atoms with Gasteiger partial charge in [0.05, 0.1) is 18.2 Å². The van der Waals surface area contributed by atoms with E-state index in [1.54, 1.807) is 31.4 Å². The highest BCUT2D eigenvalue weighted by atomic mass is 16.5. The number of phenolic OH excluding ortho intramolecular Hbond substituents is 2. The van der Waals surface area contributed by atoms with Crippen LogP contribution in [0.3, 0.4) is 0 Å². The van der Waals surface area contributed by atoms with Gasteiger partial charge in [-0.3, -0.25) is 0 Å². The molecule has 0 aliphatic heterocycles. The summed E-state index contributed by atoms with van der Waals surface area (Å²) in [6, 6.07) is 16.0. The highest BCUT2D eigenvalue weighted by Crippen LogP contribution is 2.26. The Labute approximate surface area is 160 Å². The molecule has 0 saturated heterocycles. The first kappa shape index (κ1) is 18.8. The number of carbonyl (C=O) groups is 2. The zero-order chi connectivity index (χ0) is 20.1. The zero-order valence-corrected chi connectivity index (χ0v) is 14.8. The molecule has 3 aromatic carbocycles. The van der Waals surface area contributed by atoms with E-state index in [0.29, 0.717) is 11.5 Å². The van der Waals surface area contributed by atoms with Gasteiger partial charge in [-0.2, -0.15) is 0 Å². The Morgan fingerprint density at radius 1 is 0.643 bits per heavy atom. The molecule has 28 heavy (non-hydrogen) atoms. The second kappa shape index (κ2) is 8.13. The van der Waals surface area contributed by atoms with Crippen LogP contribution in [0, 0.1) is 0 Å². The highest BCUT2D eigenvalue weighted by Gasteiger charge is 2.13. The average molecular weight is 380 g/mol. The summed E-state index contributed by atoms with van der Waals surface area (Å²) in [5, 5.41) is 18.7. The second-order valence-electron chi connectivity index (χ2n) is 5.68. The standard InChI is InChI=1S/C21H16O7/c1-26-15-7-9-17(10-8-15)27-20(24)13-2-5-16(6-3-13)28-21(25)14-4-11-18(22)19(23)12-14/h2-12,22-23H,1H3. The molecule has 7 heteroatoms. The van der Waals surface area contributed by atoms with Crippen molar-refractivity contribution in [1.82, 2.24) is 0 Å². The first-order valence-electron chi connectivity index (χ1n) is 8.17. The van der Waals surface area contributed by atoms with E-state index in [4.69, 9.17) is 14.2 Å². The number of hydrogen-bond donors (Lipinski definition) is 2. The molecular weight excluding hydrogens is 364 g/mol. The lowest BCUT2D eigenvalue weighted by atomic mass is 10.2. The minimum atomic E-state index is -0.719. The molecule has 2 N–H and O–H groups in total. The zero-order valence-electron chi connectivity index (χ0n) is 14.8. The molecule has 0 saturated carbocycles. The third-order valence-corrected chi connectivity index (χ3v) is 3.78. The van der Waals surface area contributed by atoms with E-state index in [0.717, 1.165) is 6.07 Å². The van der Waals surface area contributed by atoms with Crippen LogP contribution in [0.2, 0.25) is 0 Å². The smallest absolute Gasteiger partial charge is 0.343 e. The summed E-state index contributed by atoms with van der Waals surface area (Å²) in [6.07, 6.45) is 0. The molecule has 0 heterocycles. The SMILES string of the molecule is COc1ccc(OC(=O)c2ccc(OC(=O)c3ccc(O)c(O)c3)cc2)cc1. The molecule has 0 amide bonds. The number of hydrogen-bond acceptors (Lipinski definition) is 7. The number of esters is 2. The van der Waals surface area contributed by atoms with Crippen molar-refractivity contribution >= 4 is 11.9 Å². The van der Waals surface area contributed by atoms with Crippen LogP contribution < -0.4 is 14.2 Å². The summed E-state index contributed by atoms with van der Waals surface area (Å²) in [6.45, 7) is 0. The Kier molecular flexibility index (Phi) is 5.45. The van der Waals surface area contributed by atoms with Crippen molar-refractivity contribution in [3.05, 3.63) is 77.9 Å². The van der Waals surface area contributed by atoms with Crippen molar-refractivity contribution in [3.63, 3.8) is 0 Å².